The Morgan fingerprint density at radius 1 is 1.00 bits per heavy atom. The Bertz CT molecular complexity index is 821. The van der Waals surface area contributed by atoms with Crippen molar-refractivity contribution in [3.8, 4) is 11.5 Å². The van der Waals surface area contributed by atoms with Crippen LogP contribution >= 0.6 is 0 Å². The summed E-state index contributed by atoms with van der Waals surface area (Å²) in [6, 6.07) is 6.92. The highest BCUT2D eigenvalue weighted by molar-refractivity contribution is 5.45. The van der Waals surface area contributed by atoms with Crippen molar-refractivity contribution in [2.24, 2.45) is 11.8 Å². The molecule has 0 radical (unpaired) electrons. The Morgan fingerprint density at radius 3 is 2.34 bits per heavy atom. The summed E-state index contributed by atoms with van der Waals surface area (Å²) < 4.78 is 11.0. The third kappa shape index (κ3) is 3.97. The van der Waals surface area contributed by atoms with Crippen LogP contribution in [0.3, 0.4) is 0 Å². The lowest BCUT2D eigenvalue weighted by Crippen LogP contribution is -2.57. The highest BCUT2D eigenvalue weighted by atomic mass is 16.5. The van der Waals surface area contributed by atoms with E-state index in [4.69, 9.17) is 9.47 Å². The van der Waals surface area contributed by atoms with Gasteiger partial charge in [0.25, 0.3) is 0 Å². The summed E-state index contributed by atoms with van der Waals surface area (Å²) in [5.41, 5.74) is 2.51. The molecule has 0 bridgehead atoms. The van der Waals surface area contributed by atoms with E-state index in [0.29, 0.717) is 17.9 Å². The molecule has 1 heterocycles. The molecule has 29 heavy (non-hydrogen) atoms. The van der Waals surface area contributed by atoms with Crippen LogP contribution in [-0.2, 0) is 6.54 Å². The predicted octanol–water partition coefficient (Wildman–Crippen LogP) is 4.68. The molecular formula is C24H33N3O2. The van der Waals surface area contributed by atoms with Crippen LogP contribution in [0.1, 0.15) is 68.3 Å². The number of hydrogen-bond donors (Lipinski definition) is 1. The highest BCUT2D eigenvalue weighted by Crippen LogP contribution is 2.55. The molecule has 1 aromatic heterocycles. The topological polar surface area (TPSA) is 56.3 Å². The lowest BCUT2D eigenvalue weighted by Gasteiger charge is -2.55. The van der Waals surface area contributed by atoms with Gasteiger partial charge in [-0.3, -0.25) is 0 Å². The minimum Gasteiger partial charge on any atom is -0.493 e. The van der Waals surface area contributed by atoms with Gasteiger partial charge in [-0.2, -0.15) is 0 Å². The molecular weight excluding hydrogens is 362 g/mol. The van der Waals surface area contributed by atoms with Gasteiger partial charge in [0.15, 0.2) is 11.5 Å². The molecule has 4 atom stereocenters. The largest absolute Gasteiger partial charge is 0.493 e. The number of aromatic nitrogens is 2. The molecule has 2 fully saturated rings. The van der Waals surface area contributed by atoms with Gasteiger partial charge in [0.05, 0.1) is 14.2 Å². The fourth-order valence-corrected chi connectivity index (χ4v) is 5.25. The van der Waals surface area contributed by atoms with Crippen LogP contribution < -0.4 is 14.8 Å². The summed E-state index contributed by atoms with van der Waals surface area (Å²) in [7, 11) is 3.40. The van der Waals surface area contributed by atoms with Gasteiger partial charge < -0.3 is 14.8 Å². The van der Waals surface area contributed by atoms with E-state index in [-0.39, 0.29) is 0 Å². The van der Waals surface area contributed by atoms with Gasteiger partial charge in [0.2, 0.25) is 0 Å². The molecule has 0 spiro atoms. The first-order valence-corrected chi connectivity index (χ1v) is 10.9. The molecule has 0 unspecified atom stereocenters. The molecule has 2 aliphatic rings. The van der Waals surface area contributed by atoms with E-state index in [0.717, 1.165) is 41.3 Å². The molecule has 5 heteroatoms. The number of ether oxygens (including phenoxy) is 2. The number of benzene rings is 1. The van der Waals surface area contributed by atoms with E-state index in [1.807, 2.05) is 18.5 Å². The van der Waals surface area contributed by atoms with Gasteiger partial charge in [-0.1, -0.05) is 32.8 Å². The molecule has 4 rings (SSSR count). The Hall–Kier alpha value is -2.14. The molecule has 1 N–H and O–H groups in total. The molecule has 2 aromatic rings. The Balaban J connectivity index is 1.51. The fourth-order valence-electron chi connectivity index (χ4n) is 5.25. The van der Waals surface area contributed by atoms with Crippen LogP contribution in [0.25, 0.3) is 0 Å². The van der Waals surface area contributed by atoms with Crippen molar-refractivity contribution in [2.45, 2.75) is 64.0 Å². The Morgan fingerprint density at radius 2 is 1.69 bits per heavy atom. The first-order chi connectivity index (χ1) is 14.1. The van der Waals surface area contributed by atoms with E-state index in [1.165, 1.54) is 31.2 Å². The van der Waals surface area contributed by atoms with Crippen molar-refractivity contribution in [3.05, 3.63) is 47.5 Å². The maximum absolute atomic E-state index is 5.56. The first kappa shape index (κ1) is 20.1. The third-order valence-corrected chi connectivity index (χ3v) is 6.76. The second-order valence-corrected chi connectivity index (χ2v) is 8.76. The van der Waals surface area contributed by atoms with E-state index >= 15 is 0 Å². The maximum Gasteiger partial charge on any atom is 0.160 e. The lowest BCUT2D eigenvalue weighted by atomic mass is 9.53. The van der Waals surface area contributed by atoms with Crippen molar-refractivity contribution in [3.63, 3.8) is 0 Å². The normalized spacial score (nSPS) is 26.0. The summed E-state index contributed by atoms with van der Waals surface area (Å²) in [5.74, 6) is 4.94. The molecule has 0 aliphatic heterocycles. The molecule has 1 aromatic carbocycles. The smallest absolute Gasteiger partial charge is 0.160 e. The highest BCUT2D eigenvalue weighted by Gasteiger charge is 2.51. The summed E-state index contributed by atoms with van der Waals surface area (Å²) in [6.07, 6.45) is 9.30. The van der Waals surface area contributed by atoms with Crippen LogP contribution in [0.2, 0.25) is 0 Å². The van der Waals surface area contributed by atoms with Gasteiger partial charge in [-0.25, -0.2) is 9.97 Å². The number of nitrogens with one attached hydrogen (secondary N) is 1. The van der Waals surface area contributed by atoms with Crippen molar-refractivity contribution >= 4 is 0 Å². The van der Waals surface area contributed by atoms with E-state index < -0.39 is 0 Å². The minimum absolute atomic E-state index is 0.362. The van der Waals surface area contributed by atoms with Gasteiger partial charge in [0, 0.05) is 42.4 Å². The maximum atomic E-state index is 5.56. The number of methoxy groups -OCH3 is 2. The predicted molar refractivity (Wildman–Crippen MR) is 114 cm³/mol. The molecule has 0 saturated heterocycles. The van der Waals surface area contributed by atoms with Gasteiger partial charge >= 0.3 is 0 Å². The summed E-state index contributed by atoms with van der Waals surface area (Å²) in [5, 5.41) is 3.85. The lowest BCUT2D eigenvalue weighted by molar-refractivity contribution is 0.0252. The number of nitrogens with zero attached hydrogens (tertiary/aromatic N) is 2. The zero-order valence-electron chi connectivity index (χ0n) is 18.0. The molecule has 2 saturated carbocycles. The minimum atomic E-state index is 0.362. The van der Waals surface area contributed by atoms with E-state index in [2.05, 4.69) is 41.3 Å². The van der Waals surface area contributed by atoms with E-state index in [9.17, 15) is 0 Å². The quantitative estimate of drug-likeness (QED) is 0.738. The second-order valence-electron chi connectivity index (χ2n) is 8.76. The molecule has 2 aliphatic carbocycles. The average molecular weight is 396 g/mol. The second kappa shape index (κ2) is 8.70. The SMILES string of the molecule is COc1ccc([C@H]2[C@@H]3CCCC[C@@H]3[C@@H]2NCc2cnc(C(C)C)nc2)cc1OC. The van der Waals surface area contributed by atoms with Crippen molar-refractivity contribution in [1.82, 2.24) is 15.3 Å². The zero-order valence-corrected chi connectivity index (χ0v) is 18.0. The monoisotopic (exact) mass is 395 g/mol. The van der Waals surface area contributed by atoms with Crippen LogP contribution in [0.15, 0.2) is 30.6 Å². The number of hydrogen-bond acceptors (Lipinski definition) is 5. The molecule has 0 amide bonds. The fraction of sp³-hybridized carbons (Fsp3) is 0.583. The van der Waals surface area contributed by atoms with Crippen LogP contribution in [0.5, 0.6) is 11.5 Å². The van der Waals surface area contributed by atoms with Gasteiger partial charge in [0.1, 0.15) is 5.82 Å². The van der Waals surface area contributed by atoms with Crippen LogP contribution in [-0.4, -0.2) is 30.2 Å². The van der Waals surface area contributed by atoms with Gasteiger partial charge in [-0.05, 0) is 42.4 Å². The third-order valence-electron chi connectivity index (χ3n) is 6.76. The standard InChI is InChI=1S/C24H33N3O2/c1-15(2)24-26-13-16(14-27-24)12-25-23-19-8-6-5-7-18(19)22(23)17-9-10-20(28-3)21(11-17)29-4/h9-11,13-15,18-19,22-23,25H,5-8,12H2,1-4H3/t18-,19+,22+,23+/m1/s1. The molecule has 5 nitrogen and oxygen atoms in total. The van der Waals surface area contributed by atoms with E-state index in [1.54, 1.807) is 14.2 Å². The number of fused-ring (bicyclic) bond motifs is 1. The van der Waals surface area contributed by atoms with Crippen molar-refractivity contribution in [2.75, 3.05) is 14.2 Å². The Kier molecular flexibility index (Phi) is 6.04. The van der Waals surface area contributed by atoms with Crippen molar-refractivity contribution < 1.29 is 9.47 Å². The number of rotatable bonds is 7. The van der Waals surface area contributed by atoms with Gasteiger partial charge in [-0.15, -0.1) is 0 Å². The van der Waals surface area contributed by atoms with Crippen molar-refractivity contribution in [1.29, 1.82) is 0 Å². The summed E-state index contributed by atoms with van der Waals surface area (Å²) in [6.45, 7) is 5.06. The average Bonchev–Trinajstić information content (AvgIpc) is 2.74. The Labute approximate surface area is 174 Å². The van der Waals surface area contributed by atoms with Crippen LogP contribution in [0, 0.1) is 11.8 Å². The van der Waals surface area contributed by atoms with Crippen LogP contribution in [0.4, 0.5) is 0 Å². The zero-order chi connectivity index (χ0) is 20.4. The molecule has 156 valence electrons. The summed E-state index contributed by atoms with van der Waals surface area (Å²) >= 11 is 0. The first-order valence-electron chi connectivity index (χ1n) is 10.9. The summed E-state index contributed by atoms with van der Waals surface area (Å²) in [4.78, 5) is 9.04.